The number of nitrogens with one attached hydrogen (secondary N) is 1. The highest BCUT2D eigenvalue weighted by molar-refractivity contribution is 5.96. The number of carbonyl (C=O) groups is 1. The predicted molar refractivity (Wildman–Crippen MR) is 143 cm³/mol. The van der Waals surface area contributed by atoms with Crippen LogP contribution in [0.3, 0.4) is 0 Å². The van der Waals surface area contributed by atoms with Gasteiger partial charge in [0.25, 0.3) is 5.91 Å². The zero-order chi connectivity index (χ0) is 25.3. The molecule has 1 unspecified atom stereocenters. The maximum atomic E-state index is 13.5. The quantitative estimate of drug-likeness (QED) is 0.452. The van der Waals surface area contributed by atoms with Gasteiger partial charge in [-0.25, -0.2) is 0 Å². The van der Waals surface area contributed by atoms with Crippen LogP contribution in [0.5, 0.6) is 0 Å². The number of likely N-dealkylation sites (N-methyl/N-ethyl adjacent to an activating group) is 1. The summed E-state index contributed by atoms with van der Waals surface area (Å²) in [7, 11) is 1.86. The van der Waals surface area contributed by atoms with Gasteiger partial charge in [0.1, 0.15) is 0 Å². The smallest absolute Gasteiger partial charge is 0.254 e. The molecule has 0 aliphatic heterocycles. The van der Waals surface area contributed by atoms with Gasteiger partial charge in [-0.3, -0.25) is 4.79 Å². The number of hydrogen-bond donors (Lipinski definition) is 2. The van der Waals surface area contributed by atoms with Crippen molar-refractivity contribution in [2.75, 3.05) is 33.2 Å². The third kappa shape index (κ3) is 6.94. The van der Waals surface area contributed by atoms with E-state index >= 15 is 0 Å². The molecule has 0 aliphatic rings. The molecule has 2 N–H and O–H groups in total. The first kappa shape index (κ1) is 27.6. The summed E-state index contributed by atoms with van der Waals surface area (Å²) in [5.41, 5.74) is 6.02. The summed E-state index contributed by atoms with van der Waals surface area (Å²) in [6.45, 7) is 17.3. The van der Waals surface area contributed by atoms with Crippen LogP contribution in [0, 0.1) is 13.8 Å². The Morgan fingerprint density at radius 3 is 2.26 bits per heavy atom. The molecular weight excluding hydrogens is 422 g/mol. The van der Waals surface area contributed by atoms with Gasteiger partial charge in [0, 0.05) is 43.5 Å². The Bertz CT molecular complexity index is 952. The topological polar surface area (TPSA) is 55.8 Å². The number of nitrogens with zero attached hydrogens (tertiary/aromatic N) is 2. The Kier molecular flexibility index (Phi) is 10.8. The van der Waals surface area contributed by atoms with Gasteiger partial charge in [0.15, 0.2) is 0 Å². The van der Waals surface area contributed by atoms with Crippen molar-refractivity contribution in [1.82, 2.24) is 15.1 Å². The normalized spacial score (nSPS) is 12.8. The first-order valence-electron chi connectivity index (χ1n) is 12.5. The molecular formula is C29H43N3O2. The summed E-state index contributed by atoms with van der Waals surface area (Å²) in [5, 5.41) is 14.3. The number of amides is 1. The molecule has 34 heavy (non-hydrogen) atoms. The van der Waals surface area contributed by atoms with Crippen LogP contribution in [0.15, 0.2) is 49.0 Å². The summed E-state index contributed by atoms with van der Waals surface area (Å²) < 4.78 is 0. The summed E-state index contributed by atoms with van der Waals surface area (Å²) in [4.78, 5) is 17.5. The number of aliphatic hydroxyl groups excluding tert-OH is 1. The van der Waals surface area contributed by atoms with Crippen molar-refractivity contribution in [1.29, 1.82) is 0 Å². The number of benzene rings is 2. The van der Waals surface area contributed by atoms with E-state index in [9.17, 15) is 9.90 Å². The van der Waals surface area contributed by atoms with Gasteiger partial charge in [0.2, 0.25) is 0 Å². The van der Waals surface area contributed by atoms with E-state index < -0.39 is 6.10 Å². The van der Waals surface area contributed by atoms with E-state index in [1.807, 2.05) is 44.3 Å². The van der Waals surface area contributed by atoms with Crippen LogP contribution in [-0.2, 0) is 6.42 Å². The lowest BCUT2D eigenvalue weighted by Crippen LogP contribution is -2.48. The number of hydrogen-bond acceptors (Lipinski definition) is 4. The third-order valence-electron chi connectivity index (χ3n) is 6.66. The highest BCUT2D eigenvalue weighted by Crippen LogP contribution is 2.22. The molecule has 2 aromatic carbocycles. The van der Waals surface area contributed by atoms with Gasteiger partial charge in [0.05, 0.1) is 6.10 Å². The molecule has 0 heterocycles. The third-order valence-corrected chi connectivity index (χ3v) is 6.66. The zero-order valence-corrected chi connectivity index (χ0v) is 21.9. The molecule has 5 nitrogen and oxygen atoms in total. The number of aryl methyl sites for hydroxylation is 2. The van der Waals surface area contributed by atoms with Crippen LogP contribution < -0.4 is 5.32 Å². The molecule has 0 aliphatic carbocycles. The molecule has 186 valence electrons. The fourth-order valence-electron chi connectivity index (χ4n) is 4.45. The largest absolute Gasteiger partial charge is 0.390 e. The van der Waals surface area contributed by atoms with Crippen molar-refractivity contribution in [3.05, 3.63) is 76.9 Å². The standard InChI is InChI=1S/C29H43N3O2/c1-8-17-32(20-28(33)27(30-7)19-24-14-12-11-13-21(24)4)29(34)26-16-15-25(18-22(26)5)23(6)31(9-2)10-3/h11-16,18,27-28,30,33H,6,8-10,17,19-20H2,1-5,7H3/t27?,28-/m1/s1. The van der Waals surface area contributed by atoms with Crippen molar-refractivity contribution < 1.29 is 9.90 Å². The zero-order valence-electron chi connectivity index (χ0n) is 21.9. The van der Waals surface area contributed by atoms with Crippen molar-refractivity contribution in [2.24, 2.45) is 0 Å². The molecule has 1 amide bonds. The molecule has 0 aromatic heterocycles. The lowest BCUT2D eigenvalue weighted by atomic mass is 9.97. The molecule has 0 bridgehead atoms. The van der Waals surface area contributed by atoms with Crippen LogP contribution >= 0.6 is 0 Å². The number of rotatable bonds is 13. The minimum absolute atomic E-state index is 0.0378. The van der Waals surface area contributed by atoms with E-state index in [1.165, 1.54) is 11.1 Å². The molecule has 2 atom stereocenters. The summed E-state index contributed by atoms with van der Waals surface area (Å²) in [6.07, 6.45) is 0.859. The van der Waals surface area contributed by atoms with E-state index in [2.05, 4.69) is 56.6 Å². The second-order valence-corrected chi connectivity index (χ2v) is 8.99. The Morgan fingerprint density at radius 1 is 1.03 bits per heavy atom. The van der Waals surface area contributed by atoms with Crippen molar-refractivity contribution in [3.8, 4) is 0 Å². The van der Waals surface area contributed by atoms with E-state index in [1.54, 1.807) is 4.90 Å². The highest BCUT2D eigenvalue weighted by Gasteiger charge is 2.25. The Labute approximate surface area is 206 Å². The fraction of sp³-hybridized carbons (Fsp3) is 0.483. The summed E-state index contributed by atoms with van der Waals surface area (Å²) in [5.74, 6) is -0.0378. The highest BCUT2D eigenvalue weighted by atomic mass is 16.3. The molecule has 0 saturated heterocycles. The van der Waals surface area contributed by atoms with Gasteiger partial charge in [-0.05, 0) is 82.0 Å². The predicted octanol–water partition coefficient (Wildman–Crippen LogP) is 4.66. The first-order chi connectivity index (χ1) is 16.3. The second kappa shape index (κ2) is 13.3. The van der Waals surface area contributed by atoms with E-state index in [0.29, 0.717) is 18.5 Å². The Hall–Kier alpha value is -2.63. The Morgan fingerprint density at radius 2 is 1.71 bits per heavy atom. The summed E-state index contributed by atoms with van der Waals surface area (Å²) >= 11 is 0. The van der Waals surface area contributed by atoms with Crippen molar-refractivity contribution in [2.45, 2.75) is 59.6 Å². The molecule has 2 aromatic rings. The minimum atomic E-state index is -0.679. The molecule has 0 saturated carbocycles. The summed E-state index contributed by atoms with van der Waals surface area (Å²) in [6, 6.07) is 14.0. The minimum Gasteiger partial charge on any atom is -0.390 e. The molecule has 0 fully saturated rings. The number of aliphatic hydroxyl groups is 1. The maximum absolute atomic E-state index is 13.5. The molecule has 2 rings (SSSR count). The van der Waals surface area contributed by atoms with Crippen molar-refractivity contribution in [3.63, 3.8) is 0 Å². The average molecular weight is 466 g/mol. The number of carbonyl (C=O) groups excluding carboxylic acids is 1. The van der Waals surface area contributed by atoms with Gasteiger partial charge < -0.3 is 20.2 Å². The Balaban J connectivity index is 2.19. The van der Waals surface area contributed by atoms with E-state index in [0.717, 1.165) is 36.3 Å². The molecule has 0 radical (unpaired) electrons. The second-order valence-electron chi connectivity index (χ2n) is 8.99. The SMILES string of the molecule is C=C(c1ccc(C(=O)N(CCC)C[C@@H](O)C(Cc2ccccc2C)NC)c(C)c1)N(CC)CC. The van der Waals surface area contributed by atoms with E-state index in [-0.39, 0.29) is 18.5 Å². The lowest BCUT2D eigenvalue weighted by Gasteiger charge is -2.30. The first-order valence-corrected chi connectivity index (χ1v) is 12.5. The maximum Gasteiger partial charge on any atom is 0.254 e. The van der Waals surface area contributed by atoms with Gasteiger partial charge in [-0.2, -0.15) is 0 Å². The molecule has 5 heteroatoms. The van der Waals surface area contributed by atoms with Crippen LogP contribution in [-0.4, -0.2) is 66.2 Å². The van der Waals surface area contributed by atoms with Crippen LogP contribution in [0.4, 0.5) is 0 Å². The molecule has 0 spiro atoms. The fourth-order valence-corrected chi connectivity index (χ4v) is 4.45. The van der Waals surface area contributed by atoms with E-state index in [4.69, 9.17) is 0 Å². The van der Waals surface area contributed by atoms with Crippen molar-refractivity contribution >= 4 is 11.6 Å². The lowest BCUT2D eigenvalue weighted by molar-refractivity contribution is 0.0544. The van der Waals surface area contributed by atoms with Crippen LogP contribution in [0.25, 0.3) is 5.70 Å². The average Bonchev–Trinajstić information content (AvgIpc) is 2.83. The van der Waals surface area contributed by atoms with Gasteiger partial charge in [-0.15, -0.1) is 0 Å². The van der Waals surface area contributed by atoms with Crippen LogP contribution in [0.1, 0.15) is 59.8 Å². The van der Waals surface area contributed by atoms with Gasteiger partial charge >= 0.3 is 0 Å². The van der Waals surface area contributed by atoms with Gasteiger partial charge in [-0.1, -0.05) is 43.8 Å². The van der Waals surface area contributed by atoms with Crippen LogP contribution in [0.2, 0.25) is 0 Å². The monoisotopic (exact) mass is 465 g/mol.